The van der Waals surface area contributed by atoms with Crippen LogP contribution in [0.2, 0.25) is 0 Å². The first-order chi connectivity index (χ1) is 31.5. The molecule has 0 fully saturated rings. The van der Waals surface area contributed by atoms with Gasteiger partial charge in [0.15, 0.2) is 6.10 Å². The fraction of sp³-hybridized carbons (Fsp3) is 0.707. The van der Waals surface area contributed by atoms with Gasteiger partial charge in [0.1, 0.15) is 13.2 Å². The average Bonchev–Trinajstić information content (AvgIpc) is 3.29. The predicted molar refractivity (Wildman–Crippen MR) is 274 cm³/mol. The first-order valence-electron chi connectivity index (χ1n) is 26.6. The van der Waals surface area contributed by atoms with Crippen molar-refractivity contribution in [2.75, 3.05) is 13.2 Å². The lowest BCUT2D eigenvalue weighted by atomic mass is 10.0. The highest BCUT2D eigenvalue weighted by molar-refractivity contribution is 5.71. The first-order valence-corrected chi connectivity index (χ1v) is 26.6. The van der Waals surface area contributed by atoms with Crippen LogP contribution in [0.5, 0.6) is 0 Å². The van der Waals surface area contributed by atoms with E-state index in [1.165, 1.54) is 96.3 Å². The van der Waals surface area contributed by atoms with Crippen LogP contribution in [0.4, 0.5) is 0 Å². The minimum Gasteiger partial charge on any atom is -0.462 e. The van der Waals surface area contributed by atoms with E-state index in [-0.39, 0.29) is 37.5 Å². The van der Waals surface area contributed by atoms with Crippen molar-refractivity contribution in [3.05, 3.63) is 85.1 Å². The van der Waals surface area contributed by atoms with E-state index >= 15 is 0 Å². The monoisotopic (exact) mass is 891 g/mol. The molecular formula is C58H98O6. The topological polar surface area (TPSA) is 78.9 Å². The molecule has 0 aliphatic heterocycles. The Morgan fingerprint density at radius 2 is 0.641 bits per heavy atom. The van der Waals surface area contributed by atoms with Crippen molar-refractivity contribution in [1.82, 2.24) is 0 Å². The lowest BCUT2D eigenvalue weighted by Gasteiger charge is -2.18. The zero-order chi connectivity index (χ0) is 46.5. The Balaban J connectivity index is 4.49. The number of carbonyl (C=O) groups excluding carboxylic acids is 3. The molecule has 0 saturated carbocycles. The lowest BCUT2D eigenvalue weighted by molar-refractivity contribution is -0.167. The van der Waals surface area contributed by atoms with Gasteiger partial charge in [-0.2, -0.15) is 0 Å². The van der Waals surface area contributed by atoms with Gasteiger partial charge in [0.25, 0.3) is 0 Å². The lowest BCUT2D eigenvalue weighted by Crippen LogP contribution is -2.30. The Morgan fingerprint density at radius 3 is 1.06 bits per heavy atom. The zero-order valence-electron chi connectivity index (χ0n) is 41.8. The molecule has 0 aromatic heterocycles. The number of hydrogen-bond donors (Lipinski definition) is 0. The van der Waals surface area contributed by atoms with Crippen molar-refractivity contribution in [2.45, 2.75) is 252 Å². The molecule has 64 heavy (non-hydrogen) atoms. The fourth-order valence-corrected chi connectivity index (χ4v) is 7.14. The third-order valence-corrected chi connectivity index (χ3v) is 11.1. The van der Waals surface area contributed by atoms with Crippen molar-refractivity contribution in [1.29, 1.82) is 0 Å². The maximum atomic E-state index is 12.8. The molecule has 0 aromatic rings. The highest BCUT2D eigenvalue weighted by Crippen LogP contribution is 2.15. The van der Waals surface area contributed by atoms with E-state index in [0.29, 0.717) is 19.3 Å². The summed E-state index contributed by atoms with van der Waals surface area (Å²) in [4.78, 5) is 38.0. The smallest absolute Gasteiger partial charge is 0.306 e. The molecular weight excluding hydrogens is 793 g/mol. The molecule has 0 radical (unpaired) electrons. The van der Waals surface area contributed by atoms with Gasteiger partial charge in [-0.1, -0.05) is 228 Å². The van der Waals surface area contributed by atoms with Gasteiger partial charge in [-0.3, -0.25) is 14.4 Å². The fourth-order valence-electron chi connectivity index (χ4n) is 7.14. The summed E-state index contributed by atoms with van der Waals surface area (Å²) in [6.07, 6.45) is 67.1. The van der Waals surface area contributed by atoms with Gasteiger partial charge < -0.3 is 14.2 Å². The van der Waals surface area contributed by atoms with E-state index in [1.54, 1.807) is 0 Å². The molecule has 0 aromatic carbocycles. The van der Waals surface area contributed by atoms with Crippen LogP contribution in [0.1, 0.15) is 245 Å². The minimum absolute atomic E-state index is 0.100. The summed E-state index contributed by atoms with van der Waals surface area (Å²) in [6, 6.07) is 0. The van der Waals surface area contributed by atoms with E-state index in [0.717, 1.165) is 103 Å². The second-order valence-corrected chi connectivity index (χ2v) is 17.4. The summed E-state index contributed by atoms with van der Waals surface area (Å²) in [5.74, 6) is -0.970. The summed E-state index contributed by atoms with van der Waals surface area (Å²) in [7, 11) is 0. The van der Waals surface area contributed by atoms with Gasteiger partial charge in [0, 0.05) is 19.3 Å². The molecule has 0 aliphatic carbocycles. The molecule has 6 nitrogen and oxygen atoms in total. The molecule has 1 atom stereocenters. The Morgan fingerprint density at radius 1 is 0.328 bits per heavy atom. The number of unbranched alkanes of at least 4 members (excludes halogenated alkanes) is 22. The van der Waals surface area contributed by atoms with Crippen LogP contribution in [0, 0.1) is 0 Å². The normalized spacial score (nSPS) is 12.7. The Labute approximate surface area is 395 Å². The largest absolute Gasteiger partial charge is 0.462 e. The van der Waals surface area contributed by atoms with Gasteiger partial charge in [0.05, 0.1) is 0 Å². The van der Waals surface area contributed by atoms with E-state index in [1.807, 2.05) is 0 Å². The third-order valence-electron chi connectivity index (χ3n) is 11.1. The minimum atomic E-state index is -0.803. The number of carbonyl (C=O) groups is 3. The van der Waals surface area contributed by atoms with Gasteiger partial charge in [-0.25, -0.2) is 0 Å². The molecule has 366 valence electrons. The molecule has 0 N–H and O–H groups in total. The number of allylic oxidation sites excluding steroid dienone is 14. The van der Waals surface area contributed by atoms with Crippen LogP contribution in [0.15, 0.2) is 85.1 Å². The highest BCUT2D eigenvalue weighted by Gasteiger charge is 2.19. The zero-order valence-corrected chi connectivity index (χ0v) is 41.8. The Bertz CT molecular complexity index is 1250. The molecule has 0 spiro atoms. The molecule has 0 bridgehead atoms. The first kappa shape index (κ1) is 60.6. The third kappa shape index (κ3) is 49.6. The molecule has 0 heterocycles. The summed E-state index contributed by atoms with van der Waals surface area (Å²) in [6.45, 7) is 6.43. The van der Waals surface area contributed by atoms with Crippen LogP contribution in [-0.2, 0) is 28.6 Å². The predicted octanol–water partition coefficient (Wildman–Crippen LogP) is 17.6. The van der Waals surface area contributed by atoms with Crippen LogP contribution >= 0.6 is 0 Å². The van der Waals surface area contributed by atoms with Crippen molar-refractivity contribution in [3.8, 4) is 0 Å². The van der Waals surface area contributed by atoms with Crippen LogP contribution in [0.3, 0.4) is 0 Å². The van der Waals surface area contributed by atoms with Gasteiger partial charge in [0.2, 0.25) is 0 Å². The second kappa shape index (κ2) is 52.2. The van der Waals surface area contributed by atoms with Crippen LogP contribution in [0.25, 0.3) is 0 Å². The number of hydrogen-bond acceptors (Lipinski definition) is 6. The average molecular weight is 891 g/mol. The van der Waals surface area contributed by atoms with Gasteiger partial charge >= 0.3 is 17.9 Å². The summed E-state index contributed by atoms with van der Waals surface area (Å²) >= 11 is 0. The number of rotatable bonds is 47. The maximum Gasteiger partial charge on any atom is 0.306 e. The van der Waals surface area contributed by atoms with Crippen molar-refractivity contribution in [2.24, 2.45) is 0 Å². The SMILES string of the molecule is CC/C=C\C/C=C\C/C=C\C/C=C\C/C=C\CCCC(=O)OCC(COC(=O)CCCCCCC/C=C\C/C=C\CCCC)OC(=O)CCCCCCCCCCCCCCCCC. The molecule has 0 saturated heterocycles. The van der Waals surface area contributed by atoms with Crippen molar-refractivity contribution in [3.63, 3.8) is 0 Å². The summed E-state index contributed by atoms with van der Waals surface area (Å²) in [5.41, 5.74) is 0. The van der Waals surface area contributed by atoms with E-state index < -0.39 is 6.10 Å². The summed E-state index contributed by atoms with van der Waals surface area (Å²) in [5, 5.41) is 0. The molecule has 6 heteroatoms. The van der Waals surface area contributed by atoms with Crippen LogP contribution < -0.4 is 0 Å². The molecule has 1 unspecified atom stereocenters. The Hall–Kier alpha value is -3.41. The van der Waals surface area contributed by atoms with Crippen molar-refractivity contribution >= 4 is 17.9 Å². The van der Waals surface area contributed by atoms with E-state index in [4.69, 9.17) is 14.2 Å². The number of esters is 3. The van der Waals surface area contributed by atoms with Gasteiger partial charge in [-0.15, -0.1) is 0 Å². The second-order valence-electron chi connectivity index (χ2n) is 17.4. The quantitative estimate of drug-likeness (QED) is 0.0262. The van der Waals surface area contributed by atoms with E-state index in [9.17, 15) is 14.4 Å². The highest BCUT2D eigenvalue weighted by atomic mass is 16.6. The molecule has 0 amide bonds. The van der Waals surface area contributed by atoms with E-state index in [2.05, 4.69) is 106 Å². The van der Waals surface area contributed by atoms with Crippen LogP contribution in [-0.4, -0.2) is 37.2 Å². The van der Waals surface area contributed by atoms with Crippen molar-refractivity contribution < 1.29 is 28.6 Å². The summed E-state index contributed by atoms with van der Waals surface area (Å²) < 4.78 is 16.8. The number of ether oxygens (including phenoxy) is 3. The van der Waals surface area contributed by atoms with Gasteiger partial charge in [-0.05, 0) is 83.5 Å². The molecule has 0 aliphatic rings. The molecule has 0 rings (SSSR count). The Kier molecular flexibility index (Phi) is 49.4. The standard InChI is InChI=1S/C58H98O6/c1-4-7-10-13-16-19-22-25-28-29-31-33-36-39-42-45-48-51-57(60)63-54-55(53-62-56(59)50-47-44-41-38-35-32-27-24-21-18-15-12-9-6-3)64-58(61)52-49-46-43-40-37-34-30-26-23-20-17-14-11-8-5-2/h7,10,15-16,18-19,24-25,27-28,31,33,39,42,55H,4-6,8-9,11-14,17,20-23,26,29-30,32,34-38,40-41,43-54H2,1-3H3/b10-7-,18-15-,19-16-,27-24-,28-25-,33-31-,42-39-. The maximum absolute atomic E-state index is 12.8.